The summed E-state index contributed by atoms with van der Waals surface area (Å²) in [5, 5.41) is 7.40. The molecule has 0 amide bonds. The lowest BCUT2D eigenvalue weighted by atomic mass is 10.0. The van der Waals surface area contributed by atoms with E-state index in [1.165, 1.54) is 4.57 Å². The average molecular weight is 506 g/mol. The minimum atomic E-state index is -4.49. The quantitative estimate of drug-likeness (QED) is 0.336. The molecule has 1 aliphatic carbocycles. The Morgan fingerprint density at radius 2 is 1.86 bits per heavy atom. The number of fused-ring (bicyclic) bond motifs is 1. The Morgan fingerprint density at radius 1 is 1.08 bits per heavy atom. The standard InChI is InChI=1S/C26H22F3N7O/c1-36-13-20(26(27,28)29)32-24(36)16-5-3-14(4-6-16)11-18-22-19(35-34-18)12-31-23(33-22)21-17(15-7-8-15)9-10-30-25(21)37-2/h3-6,9-10,12-13,15H,7-8,11H2,1-2H3,(H,34,35). The molecule has 0 bridgehead atoms. The first-order valence-electron chi connectivity index (χ1n) is 11.7. The highest BCUT2D eigenvalue weighted by atomic mass is 19.4. The summed E-state index contributed by atoms with van der Waals surface area (Å²) in [4.78, 5) is 17.5. The molecular formula is C26H22F3N7O. The summed E-state index contributed by atoms with van der Waals surface area (Å²) < 4.78 is 46.0. The van der Waals surface area contributed by atoms with Crippen molar-refractivity contribution in [3.63, 3.8) is 0 Å². The maximum absolute atomic E-state index is 13.0. The van der Waals surface area contributed by atoms with E-state index in [1.54, 1.807) is 38.7 Å². The Balaban J connectivity index is 1.31. The van der Waals surface area contributed by atoms with Crippen LogP contribution in [0.2, 0.25) is 0 Å². The number of nitrogens with zero attached hydrogens (tertiary/aromatic N) is 6. The van der Waals surface area contributed by atoms with E-state index >= 15 is 0 Å². The van der Waals surface area contributed by atoms with Gasteiger partial charge in [0.1, 0.15) is 16.9 Å². The second-order valence-electron chi connectivity index (χ2n) is 9.12. The van der Waals surface area contributed by atoms with E-state index in [0.29, 0.717) is 40.6 Å². The van der Waals surface area contributed by atoms with E-state index in [9.17, 15) is 13.2 Å². The van der Waals surface area contributed by atoms with Crippen LogP contribution in [-0.2, 0) is 19.6 Å². The van der Waals surface area contributed by atoms with Gasteiger partial charge in [0.15, 0.2) is 11.5 Å². The Labute approximate surface area is 209 Å². The normalized spacial score (nSPS) is 13.9. The van der Waals surface area contributed by atoms with E-state index in [4.69, 9.17) is 9.72 Å². The first-order chi connectivity index (χ1) is 17.8. The highest BCUT2D eigenvalue weighted by Gasteiger charge is 2.34. The molecule has 4 heterocycles. The van der Waals surface area contributed by atoms with Gasteiger partial charge in [0.2, 0.25) is 5.88 Å². The van der Waals surface area contributed by atoms with Crippen LogP contribution in [0.25, 0.3) is 33.8 Å². The van der Waals surface area contributed by atoms with Crippen LogP contribution in [0.3, 0.4) is 0 Å². The summed E-state index contributed by atoms with van der Waals surface area (Å²) in [6, 6.07) is 9.25. The summed E-state index contributed by atoms with van der Waals surface area (Å²) in [7, 11) is 3.13. The Morgan fingerprint density at radius 3 is 2.54 bits per heavy atom. The molecule has 0 atom stereocenters. The van der Waals surface area contributed by atoms with Crippen molar-refractivity contribution < 1.29 is 17.9 Å². The average Bonchev–Trinajstić information content (AvgIpc) is 3.55. The third-order valence-corrected chi connectivity index (χ3v) is 6.51. The van der Waals surface area contributed by atoms with Crippen LogP contribution >= 0.6 is 0 Å². The van der Waals surface area contributed by atoms with E-state index < -0.39 is 11.9 Å². The number of methoxy groups -OCH3 is 1. The lowest BCUT2D eigenvalue weighted by molar-refractivity contribution is -0.140. The maximum atomic E-state index is 13.0. The number of aryl methyl sites for hydroxylation is 1. The number of hydrogen-bond donors (Lipinski definition) is 1. The SMILES string of the molecule is COc1nccc(C2CC2)c1-c1ncc2n[nH]c(Cc3ccc(-c4nc(C(F)(F)F)cn4C)cc3)c2n1. The van der Waals surface area contributed by atoms with Crippen LogP contribution in [-0.4, -0.2) is 41.8 Å². The van der Waals surface area contributed by atoms with Gasteiger partial charge in [-0.1, -0.05) is 24.3 Å². The number of benzene rings is 1. The van der Waals surface area contributed by atoms with Gasteiger partial charge in [-0.05, 0) is 36.0 Å². The topological polar surface area (TPSA) is 94.4 Å². The summed E-state index contributed by atoms with van der Waals surface area (Å²) in [6.45, 7) is 0. The predicted octanol–water partition coefficient (Wildman–Crippen LogP) is 5.31. The minimum absolute atomic E-state index is 0.250. The van der Waals surface area contributed by atoms with E-state index in [2.05, 4.69) is 25.1 Å². The van der Waals surface area contributed by atoms with Crippen molar-refractivity contribution in [1.29, 1.82) is 0 Å². The molecule has 1 saturated carbocycles. The number of imidazole rings is 1. The van der Waals surface area contributed by atoms with Crippen molar-refractivity contribution in [2.75, 3.05) is 7.11 Å². The third kappa shape index (κ3) is 4.30. The number of aromatic nitrogens is 7. The van der Waals surface area contributed by atoms with Gasteiger partial charge in [0, 0.05) is 31.4 Å². The summed E-state index contributed by atoms with van der Waals surface area (Å²) >= 11 is 0. The van der Waals surface area contributed by atoms with Gasteiger partial charge in [-0.3, -0.25) is 5.10 Å². The number of nitrogens with one attached hydrogen (secondary N) is 1. The van der Waals surface area contributed by atoms with Crippen molar-refractivity contribution in [2.45, 2.75) is 31.4 Å². The first kappa shape index (κ1) is 23.1. The van der Waals surface area contributed by atoms with Gasteiger partial charge < -0.3 is 9.30 Å². The highest BCUT2D eigenvalue weighted by molar-refractivity contribution is 5.80. The fraction of sp³-hybridized carbons (Fsp3) is 0.269. The number of alkyl halides is 3. The van der Waals surface area contributed by atoms with Crippen molar-refractivity contribution >= 4 is 11.0 Å². The van der Waals surface area contributed by atoms with Gasteiger partial charge in [-0.15, -0.1) is 0 Å². The van der Waals surface area contributed by atoms with Crippen molar-refractivity contribution in [1.82, 2.24) is 34.7 Å². The second-order valence-corrected chi connectivity index (χ2v) is 9.12. The Kier molecular flexibility index (Phi) is 5.43. The van der Waals surface area contributed by atoms with Gasteiger partial charge in [0.25, 0.3) is 0 Å². The number of rotatable bonds is 6. The van der Waals surface area contributed by atoms with Gasteiger partial charge in [-0.2, -0.15) is 18.3 Å². The molecule has 0 aliphatic heterocycles. The van der Waals surface area contributed by atoms with Crippen LogP contribution in [0.15, 0.2) is 48.9 Å². The second kappa shape index (κ2) is 8.68. The number of aromatic amines is 1. The maximum Gasteiger partial charge on any atom is 0.434 e. The first-order valence-corrected chi connectivity index (χ1v) is 11.7. The molecule has 6 rings (SSSR count). The van der Waals surface area contributed by atoms with Crippen molar-refractivity contribution in [2.24, 2.45) is 7.05 Å². The zero-order chi connectivity index (χ0) is 25.7. The zero-order valence-electron chi connectivity index (χ0n) is 20.0. The van der Waals surface area contributed by atoms with Crippen molar-refractivity contribution in [3.8, 4) is 28.7 Å². The fourth-order valence-electron chi connectivity index (χ4n) is 4.52. The van der Waals surface area contributed by atoms with Gasteiger partial charge in [0.05, 0.1) is 24.6 Å². The summed E-state index contributed by atoms with van der Waals surface area (Å²) in [5.41, 5.74) is 4.70. The largest absolute Gasteiger partial charge is 0.480 e. The van der Waals surface area contributed by atoms with Crippen LogP contribution in [0.1, 0.15) is 41.3 Å². The molecule has 5 aromatic rings. The van der Waals surface area contributed by atoms with E-state index in [0.717, 1.165) is 41.4 Å². The smallest absolute Gasteiger partial charge is 0.434 e. The zero-order valence-corrected chi connectivity index (χ0v) is 20.0. The fourth-order valence-corrected chi connectivity index (χ4v) is 4.52. The molecule has 188 valence electrons. The number of halogens is 3. The number of H-pyrrole nitrogens is 1. The molecule has 1 aromatic carbocycles. The molecule has 37 heavy (non-hydrogen) atoms. The van der Waals surface area contributed by atoms with Gasteiger partial charge in [-0.25, -0.2) is 19.9 Å². The monoisotopic (exact) mass is 505 g/mol. The molecule has 0 saturated heterocycles. The van der Waals surface area contributed by atoms with E-state index in [-0.39, 0.29) is 5.82 Å². The van der Waals surface area contributed by atoms with Crippen LogP contribution in [0, 0.1) is 0 Å². The molecule has 4 aromatic heterocycles. The number of hydrogen-bond acceptors (Lipinski definition) is 6. The number of pyridine rings is 1. The van der Waals surface area contributed by atoms with Gasteiger partial charge >= 0.3 is 6.18 Å². The molecule has 11 heteroatoms. The molecule has 8 nitrogen and oxygen atoms in total. The predicted molar refractivity (Wildman–Crippen MR) is 130 cm³/mol. The van der Waals surface area contributed by atoms with Crippen molar-refractivity contribution in [3.05, 3.63) is 71.4 Å². The Bertz CT molecular complexity index is 1600. The van der Waals surface area contributed by atoms with Crippen LogP contribution in [0.4, 0.5) is 13.2 Å². The molecule has 0 spiro atoms. The minimum Gasteiger partial charge on any atom is -0.480 e. The lowest BCUT2D eigenvalue weighted by Gasteiger charge is -2.11. The van der Waals surface area contributed by atoms with E-state index in [1.807, 2.05) is 18.2 Å². The molecule has 1 N–H and O–H groups in total. The number of ether oxygens (including phenoxy) is 1. The summed E-state index contributed by atoms with van der Waals surface area (Å²) in [5.74, 6) is 1.74. The lowest BCUT2D eigenvalue weighted by Crippen LogP contribution is -2.04. The molecular weight excluding hydrogens is 483 g/mol. The van der Waals surface area contributed by atoms with Crippen LogP contribution in [0.5, 0.6) is 5.88 Å². The Hall–Kier alpha value is -4.28. The molecule has 1 fully saturated rings. The third-order valence-electron chi connectivity index (χ3n) is 6.51. The van der Waals surface area contributed by atoms with Crippen LogP contribution < -0.4 is 4.74 Å². The summed E-state index contributed by atoms with van der Waals surface area (Å²) in [6.07, 6.45) is 2.66. The highest BCUT2D eigenvalue weighted by Crippen LogP contribution is 2.46. The molecule has 1 aliphatic rings. The molecule has 0 radical (unpaired) electrons. The molecule has 0 unspecified atom stereocenters.